The Hall–Kier alpha value is -2.36. The fourth-order valence-corrected chi connectivity index (χ4v) is 2.78. The minimum Gasteiger partial charge on any atom is -0.466 e. The number of rotatable bonds is 6. The van der Waals surface area contributed by atoms with Gasteiger partial charge < -0.3 is 10.1 Å². The first-order valence-corrected chi connectivity index (χ1v) is 7.93. The lowest BCUT2D eigenvalue weighted by atomic mass is 10.1. The van der Waals surface area contributed by atoms with Gasteiger partial charge in [0, 0.05) is 6.54 Å². The summed E-state index contributed by atoms with van der Waals surface area (Å²) in [6, 6.07) is 14.9. The summed E-state index contributed by atoms with van der Waals surface area (Å²) in [5.74, 6) is -0.368. The summed E-state index contributed by atoms with van der Waals surface area (Å²) in [6.45, 7) is 2.77. The van der Waals surface area contributed by atoms with Crippen LogP contribution in [-0.4, -0.2) is 12.6 Å². The Balaban J connectivity index is 1.67. The van der Waals surface area contributed by atoms with Crippen LogP contribution >= 0.6 is 0 Å². The molecule has 0 saturated heterocycles. The summed E-state index contributed by atoms with van der Waals surface area (Å²) in [5.41, 5.74) is 2.55. The van der Waals surface area contributed by atoms with Crippen molar-refractivity contribution in [1.82, 2.24) is 0 Å². The van der Waals surface area contributed by atoms with Gasteiger partial charge in [-0.2, -0.15) is 0 Å². The van der Waals surface area contributed by atoms with Crippen molar-refractivity contribution >= 4 is 11.7 Å². The second kappa shape index (κ2) is 6.82. The molecule has 3 nitrogen and oxygen atoms in total. The van der Waals surface area contributed by atoms with Crippen molar-refractivity contribution in [3.8, 4) is 0 Å². The average molecular weight is 313 g/mol. The fourth-order valence-electron chi connectivity index (χ4n) is 2.78. The first kappa shape index (κ1) is 15.5. The first-order valence-electron chi connectivity index (χ1n) is 7.93. The highest BCUT2D eigenvalue weighted by Crippen LogP contribution is 2.48. The van der Waals surface area contributed by atoms with Crippen LogP contribution in [0, 0.1) is 11.7 Å². The molecule has 120 valence electrons. The summed E-state index contributed by atoms with van der Waals surface area (Å²) in [4.78, 5) is 11.7. The standard InChI is InChI=1S/C19H20FNO2/c1-2-23-19(22)16-11-15(16)14-8-9-17(20)18(10-14)21-12-13-6-4-3-5-7-13/h3-10,15-16,21H,2,11-12H2,1H3/t15-,16+/m0/s1. The normalized spacial score (nSPS) is 19.2. The maximum atomic E-state index is 14.0. The monoisotopic (exact) mass is 313 g/mol. The van der Waals surface area contributed by atoms with Crippen molar-refractivity contribution in [3.05, 3.63) is 65.5 Å². The molecule has 1 N–H and O–H groups in total. The number of nitrogens with one attached hydrogen (secondary N) is 1. The van der Waals surface area contributed by atoms with E-state index in [0.29, 0.717) is 18.8 Å². The average Bonchev–Trinajstić information content (AvgIpc) is 3.36. The van der Waals surface area contributed by atoms with Crippen molar-refractivity contribution in [3.63, 3.8) is 0 Å². The molecule has 3 rings (SSSR count). The van der Waals surface area contributed by atoms with Gasteiger partial charge in [0.1, 0.15) is 5.82 Å². The summed E-state index contributed by atoms with van der Waals surface area (Å²) >= 11 is 0. The number of esters is 1. The van der Waals surface area contributed by atoms with Crippen molar-refractivity contribution in [1.29, 1.82) is 0 Å². The van der Waals surface area contributed by atoms with E-state index in [-0.39, 0.29) is 23.6 Å². The number of hydrogen-bond acceptors (Lipinski definition) is 3. The highest BCUT2D eigenvalue weighted by Gasteiger charge is 2.45. The van der Waals surface area contributed by atoms with Gasteiger partial charge in [-0.25, -0.2) is 4.39 Å². The van der Waals surface area contributed by atoms with Gasteiger partial charge in [-0.05, 0) is 42.5 Å². The molecule has 23 heavy (non-hydrogen) atoms. The molecule has 1 aliphatic carbocycles. The SMILES string of the molecule is CCOC(=O)[C@@H]1C[C@H]1c1ccc(F)c(NCc2ccccc2)c1. The molecule has 2 aromatic rings. The van der Waals surface area contributed by atoms with Crippen molar-refractivity contribution in [2.45, 2.75) is 25.8 Å². The zero-order valence-corrected chi connectivity index (χ0v) is 13.1. The summed E-state index contributed by atoms with van der Waals surface area (Å²) in [7, 11) is 0. The molecule has 0 aromatic heterocycles. The third-order valence-electron chi connectivity index (χ3n) is 4.12. The number of ether oxygens (including phenoxy) is 1. The van der Waals surface area contributed by atoms with Crippen molar-refractivity contribution in [2.24, 2.45) is 5.92 Å². The van der Waals surface area contributed by atoms with E-state index in [0.717, 1.165) is 17.5 Å². The third-order valence-corrected chi connectivity index (χ3v) is 4.12. The Kier molecular flexibility index (Phi) is 4.60. The summed E-state index contributed by atoms with van der Waals surface area (Å²) in [5, 5.41) is 3.13. The molecule has 1 aliphatic rings. The number of carbonyl (C=O) groups excluding carboxylic acids is 1. The number of halogens is 1. The van der Waals surface area contributed by atoms with E-state index in [1.165, 1.54) is 6.07 Å². The quantitative estimate of drug-likeness (QED) is 0.816. The van der Waals surface area contributed by atoms with E-state index in [1.807, 2.05) is 36.4 Å². The number of carbonyl (C=O) groups is 1. The van der Waals surface area contributed by atoms with E-state index < -0.39 is 0 Å². The van der Waals surface area contributed by atoms with E-state index in [4.69, 9.17) is 4.74 Å². The van der Waals surface area contributed by atoms with Gasteiger partial charge in [-0.1, -0.05) is 36.4 Å². The van der Waals surface area contributed by atoms with Crippen LogP contribution in [0.3, 0.4) is 0 Å². The molecule has 1 fully saturated rings. The summed E-state index contributed by atoms with van der Waals surface area (Å²) < 4.78 is 19.0. The number of hydrogen-bond donors (Lipinski definition) is 1. The third kappa shape index (κ3) is 3.70. The second-order valence-corrected chi connectivity index (χ2v) is 5.78. The van der Waals surface area contributed by atoms with Crippen LogP contribution < -0.4 is 5.32 Å². The molecular formula is C19H20FNO2. The van der Waals surface area contributed by atoms with Crippen LogP contribution in [0.25, 0.3) is 0 Å². The topological polar surface area (TPSA) is 38.3 Å². The van der Waals surface area contributed by atoms with Crippen LogP contribution in [0.5, 0.6) is 0 Å². The molecule has 0 bridgehead atoms. The van der Waals surface area contributed by atoms with Crippen molar-refractivity contribution in [2.75, 3.05) is 11.9 Å². The predicted molar refractivity (Wildman–Crippen MR) is 87.6 cm³/mol. The van der Waals surface area contributed by atoms with Gasteiger partial charge >= 0.3 is 5.97 Å². The molecule has 2 aromatic carbocycles. The van der Waals surface area contributed by atoms with Gasteiger partial charge in [0.2, 0.25) is 0 Å². The molecular weight excluding hydrogens is 293 g/mol. The zero-order valence-electron chi connectivity index (χ0n) is 13.1. The van der Waals surface area contributed by atoms with E-state index in [1.54, 1.807) is 13.0 Å². The molecule has 4 heteroatoms. The molecule has 0 amide bonds. The van der Waals surface area contributed by atoms with Crippen LogP contribution in [-0.2, 0) is 16.1 Å². The van der Waals surface area contributed by atoms with Gasteiger partial charge in [-0.3, -0.25) is 4.79 Å². The van der Waals surface area contributed by atoms with Crippen molar-refractivity contribution < 1.29 is 13.9 Å². The second-order valence-electron chi connectivity index (χ2n) is 5.78. The maximum Gasteiger partial charge on any atom is 0.309 e. The Labute approximate surface area is 135 Å². The Morgan fingerprint density at radius 3 is 2.78 bits per heavy atom. The largest absolute Gasteiger partial charge is 0.466 e. The van der Waals surface area contributed by atoms with Crippen LogP contribution in [0.1, 0.15) is 30.4 Å². The zero-order chi connectivity index (χ0) is 16.2. The highest BCUT2D eigenvalue weighted by molar-refractivity contribution is 5.77. The molecule has 0 spiro atoms. The maximum absolute atomic E-state index is 14.0. The minimum atomic E-state index is -0.280. The predicted octanol–water partition coefficient (Wildman–Crippen LogP) is 4.10. The van der Waals surface area contributed by atoms with Gasteiger partial charge in [0.05, 0.1) is 18.2 Å². The van der Waals surface area contributed by atoms with Gasteiger partial charge in [-0.15, -0.1) is 0 Å². The van der Waals surface area contributed by atoms with Gasteiger partial charge in [0.15, 0.2) is 0 Å². The molecule has 0 unspecified atom stereocenters. The van der Waals surface area contributed by atoms with E-state index in [2.05, 4.69) is 5.32 Å². The Morgan fingerprint density at radius 1 is 1.26 bits per heavy atom. The fraction of sp³-hybridized carbons (Fsp3) is 0.316. The number of benzene rings is 2. The smallest absolute Gasteiger partial charge is 0.309 e. The summed E-state index contributed by atoms with van der Waals surface area (Å²) in [6.07, 6.45) is 0.780. The van der Waals surface area contributed by atoms with E-state index >= 15 is 0 Å². The lowest BCUT2D eigenvalue weighted by Crippen LogP contribution is -2.07. The first-order chi connectivity index (χ1) is 11.2. The van der Waals surface area contributed by atoms with Crippen LogP contribution in [0.15, 0.2) is 48.5 Å². The lowest BCUT2D eigenvalue weighted by molar-refractivity contribution is -0.144. The van der Waals surface area contributed by atoms with E-state index in [9.17, 15) is 9.18 Å². The molecule has 0 heterocycles. The number of anilines is 1. The van der Waals surface area contributed by atoms with Crippen LogP contribution in [0.4, 0.5) is 10.1 Å². The molecule has 0 aliphatic heterocycles. The molecule has 0 radical (unpaired) electrons. The lowest BCUT2D eigenvalue weighted by Gasteiger charge is -2.10. The molecule has 2 atom stereocenters. The Morgan fingerprint density at radius 2 is 2.04 bits per heavy atom. The Bertz CT molecular complexity index is 687. The van der Waals surface area contributed by atoms with Crippen LogP contribution in [0.2, 0.25) is 0 Å². The minimum absolute atomic E-state index is 0.0811. The molecule has 1 saturated carbocycles. The van der Waals surface area contributed by atoms with Gasteiger partial charge in [0.25, 0.3) is 0 Å². The highest BCUT2D eigenvalue weighted by atomic mass is 19.1.